The van der Waals surface area contributed by atoms with Crippen LogP contribution in [0, 0.1) is 11.8 Å². The number of carboxylic acids is 2. The van der Waals surface area contributed by atoms with Gasteiger partial charge >= 0.3 is 11.9 Å². The normalized spacial score (nSPS) is 14.0. The van der Waals surface area contributed by atoms with Gasteiger partial charge in [0.25, 0.3) is 0 Å². The maximum atomic E-state index is 11.8. The van der Waals surface area contributed by atoms with E-state index in [2.05, 4.69) is 20.4 Å². The van der Waals surface area contributed by atoms with Crippen LogP contribution in [0.5, 0.6) is 0 Å². The third kappa shape index (κ3) is 16.8. The molecule has 0 aromatic rings. The molecule has 0 aromatic carbocycles. The Bertz CT molecular complexity index is 433. The summed E-state index contributed by atoms with van der Waals surface area (Å²) in [7, 11) is 0. The highest BCUT2D eigenvalue weighted by Gasteiger charge is 2.28. The van der Waals surface area contributed by atoms with Gasteiger partial charge in [0.1, 0.15) is 0 Å². The highest BCUT2D eigenvalue weighted by atomic mass is 16.5. The maximum Gasteiger partial charge on any atom is 0.306 e. The SMILES string of the molecule is C=COCCCCOC(CC(CCCCCC)C(=O)O)CC(CCCCCC)C(=O)O. The molecular formula is C25H46O6. The van der Waals surface area contributed by atoms with Gasteiger partial charge in [0.2, 0.25) is 0 Å². The second-order valence-corrected chi connectivity index (χ2v) is 8.48. The molecule has 0 aromatic heterocycles. The maximum absolute atomic E-state index is 11.8. The zero-order valence-electron chi connectivity index (χ0n) is 19.9. The lowest BCUT2D eigenvalue weighted by atomic mass is 9.88. The van der Waals surface area contributed by atoms with Crippen LogP contribution in [0.15, 0.2) is 12.8 Å². The highest BCUT2D eigenvalue weighted by molar-refractivity contribution is 5.70. The van der Waals surface area contributed by atoms with Crippen molar-refractivity contribution in [1.29, 1.82) is 0 Å². The summed E-state index contributed by atoms with van der Waals surface area (Å²) in [5, 5.41) is 19.4. The average Bonchev–Trinajstić information content (AvgIpc) is 2.74. The van der Waals surface area contributed by atoms with E-state index >= 15 is 0 Å². The first kappa shape index (κ1) is 29.4. The molecule has 31 heavy (non-hydrogen) atoms. The molecule has 6 heteroatoms. The monoisotopic (exact) mass is 442 g/mol. The van der Waals surface area contributed by atoms with Gasteiger partial charge in [-0.1, -0.05) is 71.8 Å². The van der Waals surface area contributed by atoms with E-state index < -0.39 is 23.8 Å². The molecule has 0 aliphatic heterocycles. The van der Waals surface area contributed by atoms with E-state index in [4.69, 9.17) is 9.47 Å². The van der Waals surface area contributed by atoms with Crippen LogP contribution in [0.4, 0.5) is 0 Å². The van der Waals surface area contributed by atoms with E-state index in [9.17, 15) is 19.8 Å². The van der Waals surface area contributed by atoms with Crippen molar-refractivity contribution in [3.8, 4) is 0 Å². The van der Waals surface area contributed by atoms with Crippen molar-refractivity contribution in [2.45, 2.75) is 110 Å². The summed E-state index contributed by atoms with van der Waals surface area (Å²) in [5.74, 6) is -2.58. The van der Waals surface area contributed by atoms with Crippen LogP contribution in [0.1, 0.15) is 104 Å². The van der Waals surface area contributed by atoms with Crippen LogP contribution in [0.2, 0.25) is 0 Å². The third-order valence-electron chi connectivity index (χ3n) is 5.73. The highest BCUT2D eigenvalue weighted by Crippen LogP contribution is 2.25. The van der Waals surface area contributed by atoms with Crippen molar-refractivity contribution in [2.24, 2.45) is 11.8 Å². The minimum atomic E-state index is -0.806. The number of carboxylic acid groups (broad SMARTS) is 2. The van der Waals surface area contributed by atoms with E-state index in [0.717, 1.165) is 64.2 Å². The lowest BCUT2D eigenvalue weighted by molar-refractivity contribution is -0.145. The average molecular weight is 443 g/mol. The quantitative estimate of drug-likeness (QED) is 0.140. The predicted octanol–water partition coefficient (Wildman–Crippen LogP) is 6.43. The fraction of sp³-hybridized carbons (Fsp3) is 0.840. The summed E-state index contributed by atoms with van der Waals surface area (Å²) in [6.07, 6.45) is 12.9. The lowest BCUT2D eigenvalue weighted by Gasteiger charge is -2.25. The molecule has 0 saturated carbocycles. The predicted molar refractivity (Wildman–Crippen MR) is 124 cm³/mol. The fourth-order valence-corrected chi connectivity index (χ4v) is 3.81. The Hall–Kier alpha value is -1.56. The second kappa shape index (κ2) is 20.3. The van der Waals surface area contributed by atoms with Gasteiger partial charge in [-0.2, -0.15) is 0 Å². The minimum Gasteiger partial charge on any atom is -0.502 e. The molecule has 2 atom stereocenters. The van der Waals surface area contributed by atoms with Gasteiger partial charge in [-0.25, -0.2) is 0 Å². The largest absolute Gasteiger partial charge is 0.502 e. The Labute approximate surface area is 189 Å². The fourth-order valence-electron chi connectivity index (χ4n) is 3.81. The van der Waals surface area contributed by atoms with Gasteiger partial charge in [0.15, 0.2) is 0 Å². The summed E-state index contributed by atoms with van der Waals surface area (Å²) in [5.41, 5.74) is 0. The third-order valence-corrected chi connectivity index (χ3v) is 5.73. The summed E-state index contributed by atoms with van der Waals surface area (Å²) in [4.78, 5) is 23.6. The molecule has 0 bridgehead atoms. The number of carbonyl (C=O) groups is 2. The Morgan fingerprint density at radius 1 is 0.774 bits per heavy atom. The lowest BCUT2D eigenvalue weighted by Crippen LogP contribution is -2.28. The first-order valence-corrected chi connectivity index (χ1v) is 12.3. The van der Waals surface area contributed by atoms with E-state index in [1.165, 1.54) is 6.26 Å². The van der Waals surface area contributed by atoms with Gasteiger partial charge in [-0.05, 0) is 38.5 Å². The number of aliphatic carboxylic acids is 2. The molecule has 2 N–H and O–H groups in total. The van der Waals surface area contributed by atoms with Gasteiger partial charge < -0.3 is 19.7 Å². The van der Waals surface area contributed by atoms with E-state index in [1.54, 1.807) is 0 Å². The zero-order chi connectivity index (χ0) is 23.3. The molecule has 0 fully saturated rings. The number of hydrogen-bond acceptors (Lipinski definition) is 4. The first-order chi connectivity index (χ1) is 15.0. The van der Waals surface area contributed by atoms with Crippen LogP contribution in [0.25, 0.3) is 0 Å². The molecular weight excluding hydrogens is 396 g/mol. The van der Waals surface area contributed by atoms with Crippen LogP contribution in [-0.2, 0) is 19.1 Å². The van der Waals surface area contributed by atoms with Crippen molar-refractivity contribution in [3.05, 3.63) is 12.8 Å². The van der Waals surface area contributed by atoms with E-state index in [-0.39, 0.29) is 6.10 Å². The Kier molecular flexibility index (Phi) is 19.3. The van der Waals surface area contributed by atoms with Gasteiger partial charge in [0.05, 0.1) is 30.8 Å². The molecule has 6 nitrogen and oxygen atoms in total. The molecule has 0 saturated heterocycles. The van der Waals surface area contributed by atoms with Crippen LogP contribution in [0.3, 0.4) is 0 Å². The second-order valence-electron chi connectivity index (χ2n) is 8.48. The summed E-state index contributed by atoms with van der Waals surface area (Å²) in [6, 6.07) is 0. The molecule has 182 valence electrons. The molecule has 0 spiro atoms. The minimum absolute atomic E-state index is 0.347. The van der Waals surface area contributed by atoms with Crippen LogP contribution < -0.4 is 0 Å². The first-order valence-electron chi connectivity index (χ1n) is 12.3. The van der Waals surface area contributed by atoms with Crippen molar-refractivity contribution in [3.63, 3.8) is 0 Å². The Morgan fingerprint density at radius 3 is 1.68 bits per heavy atom. The van der Waals surface area contributed by atoms with Crippen molar-refractivity contribution < 1.29 is 29.3 Å². The van der Waals surface area contributed by atoms with Gasteiger partial charge in [-0.3, -0.25) is 9.59 Å². The molecule has 0 aliphatic carbocycles. The van der Waals surface area contributed by atoms with Crippen molar-refractivity contribution >= 4 is 11.9 Å². The molecule has 0 rings (SSSR count). The standard InChI is InChI=1S/C25H46O6/c1-4-7-9-11-15-21(24(26)27)19-23(31-18-14-13-17-30-6-3)20-22(25(28)29)16-12-10-8-5-2/h6,21-23H,3-5,7-20H2,1-2H3,(H,26,27)(H,28,29). The number of ether oxygens (including phenoxy) is 2. The summed E-state index contributed by atoms with van der Waals surface area (Å²) < 4.78 is 11.1. The van der Waals surface area contributed by atoms with Gasteiger partial charge in [-0.15, -0.1) is 0 Å². The Balaban J connectivity index is 4.88. The molecule has 0 amide bonds. The molecule has 0 heterocycles. The van der Waals surface area contributed by atoms with E-state index in [1.807, 2.05) is 0 Å². The van der Waals surface area contributed by atoms with E-state index in [0.29, 0.717) is 38.9 Å². The smallest absolute Gasteiger partial charge is 0.306 e. The van der Waals surface area contributed by atoms with Crippen molar-refractivity contribution in [2.75, 3.05) is 13.2 Å². The number of rotatable bonds is 23. The molecule has 2 unspecified atom stereocenters. The summed E-state index contributed by atoms with van der Waals surface area (Å²) in [6.45, 7) is 8.83. The van der Waals surface area contributed by atoms with Gasteiger partial charge in [0, 0.05) is 6.61 Å². The van der Waals surface area contributed by atoms with Crippen LogP contribution in [-0.4, -0.2) is 41.5 Å². The zero-order valence-corrected chi connectivity index (χ0v) is 19.9. The molecule has 0 aliphatic rings. The number of unbranched alkanes of at least 4 members (excludes halogenated alkanes) is 7. The summed E-state index contributed by atoms with van der Waals surface area (Å²) >= 11 is 0. The Morgan fingerprint density at radius 2 is 1.26 bits per heavy atom. The van der Waals surface area contributed by atoms with Crippen molar-refractivity contribution in [1.82, 2.24) is 0 Å². The number of hydrogen-bond donors (Lipinski definition) is 2. The molecule has 0 radical (unpaired) electrons. The van der Waals surface area contributed by atoms with Crippen LogP contribution >= 0.6 is 0 Å². The topological polar surface area (TPSA) is 93.1 Å².